The van der Waals surface area contributed by atoms with Crippen molar-refractivity contribution in [2.45, 2.75) is 52.2 Å². The van der Waals surface area contributed by atoms with Gasteiger partial charge in [0, 0.05) is 6.04 Å². The number of ether oxygens (including phenoxy) is 1. The third-order valence-electron chi connectivity index (χ3n) is 4.32. The third-order valence-corrected chi connectivity index (χ3v) is 4.32. The first-order chi connectivity index (χ1) is 13.1. The fourth-order valence-corrected chi connectivity index (χ4v) is 2.94. The highest BCUT2D eigenvalue weighted by molar-refractivity contribution is 5.70. The number of carbonyl (C=O) groups is 2. The molecule has 0 saturated carbocycles. The molecule has 150 valence electrons. The molecule has 2 aromatic rings. The lowest BCUT2D eigenvalue weighted by molar-refractivity contribution is -0.141. The van der Waals surface area contributed by atoms with E-state index in [4.69, 9.17) is 4.74 Å². The molecule has 5 nitrogen and oxygen atoms in total. The molecule has 5 heteroatoms. The minimum Gasteiger partial charge on any atom is -0.481 e. The van der Waals surface area contributed by atoms with Crippen LogP contribution >= 0.6 is 0 Å². The average Bonchev–Trinajstić information content (AvgIpc) is 2.61. The Morgan fingerprint density at radius 1 is 1.00 bits per heavy atom. The molecule has 0 fully saturated rings. The van der Waals surface area contributed by atoms with Crippen molar-refractivity contribution in [1.82, 2.24) is 5.32 Å². The molecule has 1 amide bonds. The molecule has 0 bridgehead atoms. The molecule has 0 spiro atoms. The molecule has 0 radical (unpaired) electrons. The number of carbonyl (C=O) groups excluding carboxylic acids is 1. The Hall–Kier alpha value is -2.82. The molecule has 0 aliphatic heterocycles. The standard InChI is InChI=1S/C23H29NO4/c1-16(21(25)26)14-20(24-22(27)28-23(2,3)4)15-17-10-12-19(13-11-17)18-8-6-5-7-9-18/h5-13,16,20H,14-15H2,1-4H3,(H,24,27)(H,25,26)/t16-,20-/m1/s1. The molecule has 0 saturated heterocycles. The zero-order valence-corrected chi connectivity index (χ0v) is 16.9. The van der Waals surface area contributed by atoms with Crippen LogP contribution in [-0.4, -0.2) is 28.8 Å². The van der Waals surface area contributed by atoms with Gasteiger partial charge in [-0.15, -0.1) is 0 Å². The first-order valence-electron chi connectivity index (χ1n) is 9.51. The van der Waals surface area contributed by atoms with Crippen LogP contribution in [0.2, 0.25) is 0 Å². The number of nitrogens with one attached hydrogen (secondary N) is 1. The second-order valence-corrected chi connectivity index (χ2v) is 8.09. The van der Waals surface area contributed by atoms with E-state index in [2.05, 4.69) is 17.4 Å². The van der Waals surface area contributed by atoms with Crippen molar-refractivity contribution in [3.63, 3.8) is 0 Å². The van der Waals surface area contributed by atoms with Crippen molar-refractivity contribution in [2.75, 3.05) is 0 Å². The summed E-state index contributed by atoms with van der Waals surface area (Å²) in [4.78, 5) is 23.4. The first-order valence-corrected chi connectivity index (χ1v) is 9.51. The Balaban J connectivity index is 2.10. The number of rotatable bonds is 7. The van der Waals surface area contributed by atoms with Crippen LogP contribution in [0, 0.1) is 5.92 Å². The largest absolute Gasteiger partial charge is 0.481 e. The predicted octanol–water partition coefficient (Wildman–Crippen LogP) is 4.90. The lowest BCUT2D eigenvalue weighted by atomic mass is 9.95. The van der Waals surface area contributed by atoms with E-state index in [0.29, 0.717) is 12.8 Å². The van der Waals surface area contributed by atoms with Crippen molar-refractivity contribution in [3.05, 3.63) is 60.2 Å². The topological polar surface area (TPSA) is 75.6 Å². The summed E-state index contributed by atoms with van der Waals surface area (Å²) in [6, 6.07) is 17.8. The normalized spacial score (nSPS) is 13.4. The number of hydrogen-bond donors (Lipinski definition) is 2. The highest BCUT2D eigenvalue weighted by Gasteiger charge is 2.23. The van der Waals surface area contributed by atoms with E-state index in [9.17, 15) is 14.7 Å². The summed E-state index contributed by atoms with van der Waals surface area (Å²) >= 11 is 0. The van der Waals surface area contributed by atoms with Crippen molar-refractivity contribution < 1.29 is 19.4 Å². The number of hydrogen-bond acceptors (Lipinski definition) is 3. The van der Waals surface area contributed by atoms with Gasteiger partial charge >= 0.3 is 12.1 Å². The Morgan fingerprint density at radius 2 is 1.57 bits per heavy atom. The van der Waals surface area contributed by atoms with Crippen molar-refractivity contribution in [2.24, 2.45) is 5.92 Å². The molecule has 28 heavy (non-hydrogen) atoms. The molecular weight excluding hydrogens is 354 g/mol. The van der Waals surface area contributed by atoms with Crippen LogP contribution in [0.1, 0.15) is 39.7 Å². The summed E-state index contributed by atoms with van der Waals surface area (Å²) < 4.78 is 5.33. The second-order valence-electron chi connectivity index (χ2n) is 8.09. The van der Waals surface area contributed by atoms with Crippen LogP contribution in [0.15, 0.2) is 54.6 Å². The number of aliphatic carboxylic acids is 1. The maximum atomic E-state index is 12.2. The van der Waals surface area contributed by atoms with E-state index >= 15 is 0 Å². The molecule has 2 rings (SSSR count). The fraction of sp³-hybridized carbons (Fsp3) is 0.391. The SMILES string of the molecule is C[C@H](C[C@H](Cc1ccc(-c2ccccc2)cc1)NC(=O)OC(C)(C)C)C(=O)O. The van der Waals surface area contributed by atoms with Crippen LogP contribution in [-0.2, 0) is 16.0 Å². The molecular formula is C23H29NO4. The van der Waals surface area contributed by atoms with Crippen LogP contribution in [0.5, 0.6) is 0 Å². The zero-order valence-electron chi connectivity index (χ0n) is 16.9. The van der Waals surface area contributed by atoms with E-state index in [1.807, 2.05) is 42.5 Å². The number of benzene rings is 2. The summed E-state index contributed by atoms with van der Waals surface area (Å²) in [6.07, 6.45) is 0.331. The highest BCUT2D eigenvalue weighted by Crippen LogP contribution is 2.21. The van der Waals surface area contributed by atoms with E-state index in [-0.39, 0.29) is 6.04 Å². The molecule has 0 aliphatic carbocycles. The molecule has 2 N–H and O–H groups in total. The summed E-state index contributed by atoms with van der Waals surface area (Å²) in [6.45, 7) is 7.03. The van der Waals surface area contributed by atoms with Gasteiger partial charge in [0.1, 0.15) is 5.60 Å². The summed E-state index contributed by atoms with van der Waals surface area (Å²) in [5, 5.41) is 12.1. The van der Waals surface area contributed by atoms with Gasteiger partial charge in [-0.3, -0.25) is 4.79 Å². The Labute approximate surface area is 166 Å². The molecule has 2 aromatic carbocycles. The number of carboxylic acids is 1. The van der Waals surface area contributed by atoms with Crippen LogP contribution in [0.25, 0.3) is 11.1 Å². The van der Waals surface area contributed by atoms with Gasteiger partial charge < -0.3 is 15.2 Å². The quantitative estimate of drug-likeness (QED) is 0.713. The minimum atomic E-state index is -0.879. The van der Waals surface area contributed by atoms with Gasteiger partial charge in [-0.05, 0) is 50.3 Å². The first kappa shape index (κ1) is 21.5. The van der Waals surface area contributed by atoms with Gasteiger partial charge in [-0.2, -0.15) is 0 Å². The van der Waals surface area contributed by atoms with Crippen LogP contribution in [0.3, 0.4) is 0 Å². The molecule has 2 atom stereocenters. The monoisotopic (exact) mass is 383 g/mol. The molecule has 0 unspecified atom stereocenters. The van der Waals surface area contributed by atoms with E-state index in [1.165, 1.54) is 0 Å². The van der Waals surface area contributed by atoms with Gasteiger partial charge in [0.15, 0.2) is 0 Å². The third kappa shape index (κ3) is 7.06. The maximum absolute atomic E-state index is 12.2. The van der Waals surface area contributed by atoms with Crippen molar-refractivity contribution in [3.8, 4) is 11.1 Å². The number of amides is 1. The average molecular weight is 383 g/mol. The Bertz CT molecular complexity index is 778. The van der Waals surface area contributed by atoms with Gasteiger partial charge in [0.05, 0.1) is 5.92 Å². The van der Waals surface area contributed by atoms with Gasteiger partial charge in [-0.1, -0.05) is 61.5 Å². The van der Waals surface area contributed by atoms with E-state index < -0.39 is 23.6 Å². The van der Waals surface area contributed by atoms with Crippen LogP contribution < -0.4 is 5.32 Å². The fourth-order valence-electron chi connectivity index (χ4n) is 2.94. The maximum Gasteiger partial charge on any atom is 0.407 e. The van der Waals surface area contributed by atoms with Crippen molar-refractivity contribution in [1.29, 1.82) is 0 Å². The van der Waals surface area contributed by atoms with Gasteiger partial charge in [0.25, 0.3) is 0 Å². The smallest absolute Gasteiger partial charge is 0.407 e. The Morgan fingerprint density at radius 3 is 2.11 bits per heavy atom. The predicted molar refractivity (Wildman–Crippen MR) is 110 cm³/mol. The number of carboxylic acid groups (broad SMARTS) is 1. The molecule has 0 aliphatic rings. The van der Waals surface area contributed by atoms with Crippen LogP contribution in [0.4, 0.5) is 4.79 Å². The van der Waals surface area contributed by atoms with Crippen molar-refractivity contribution >= 4 is 12.1 Å². The lowest BCUT2D eigenvalue weighted by Gasteiger charge is -2.24. The summed E-state index contributed by atoms with van der Waals surface area (Å²) in [5.41, 5.74) is 2.67. The van der Waals surface area contributed by atoms with Gasteiger partial charge in [0.2, 0.25) is 0 Å². The zero-order chi connectivity index (χ0) is 20.7. The minimum absolute atomic E-state index is 0.328. The summed E-state index contributed by atoms with van der Waals surface area (Å²) in [5.74, 6) is -1.45. The van der Waals surface area contributed by atoms with Gasteiger partial charge in [-0.25, -0.2) is 4.79 Å². The van der Waals surface area contributed by atoms with E-state index in [1.54, 1.807) is 27.7 Å². The summed E-state index contributed by atoms with van der Waals surface area (Å²) in [7, 11) is 0. The highest BCUT2D eigenvalue weighted by atomic mass is 16.6. The second kappa shape index (κ2) is 9.40. The van der Waals surface area contributed by atoms with E-state index in [0.717, 1.165) is 16.7 Å². The molecule has 0 aromatic heterocycles. The molecule has 0 heterocycles. The number of alkyl carbamates (subject to hydrolysis) is 1. The Kier molecular flexibility index (Phi) is 7.21. The lowest BCUT2D eigenvalue weighted by Crippen LogP contribution is -2.41.